The highest BCUT2D eigenvalue weighted by atomic mass is 35.5. The number of carbonyl (C=O) groups excluding carboxylic acids is 1. The second-order valence-electron chi connectivity index (χ2n) is 6.95. The maximum Gasteiger partial charge on any atom is 0.274 e. The highest BCUT2D eigenvalue weighted by Crippen LogP contribution is 2.31. The minimum Gasteiger partial charge on any atom is -0.504 e. The first-order chi connectivity index (χ1) is 15.5. The van der Waals surface area contributed by atoms with Crippen LogP contribution < -0.4 is 5.32 Å². The molecule has 2 N–H and O–H groups in total. The molecule has 0 unspecified atom stereocenters. The van der Waals surface area contributed by atoms with Crippen LogP contribution in [0.5, 0.6) is 5.75 Å². The van der Waals surface area contributed by atoms with Gasteiger partial charge in [0, 0.05) is 34.4 Å². The first-order valence-corrected chi connectivity index (χ1v) is 10.3. The van der Waals surface area contributed by atoms with Gasteiger partial charge in [0.2, 0.25) is 0 Å². The lowest BCUT2D eigenvalue weighted by Crippen LogP contribution is -2.24. The number of rotatable bonds is 4. The number of imidazole rings is 1. The summed E-state index contributed by atoms with van der Waals surface area (Å²) < 4.78 is 1.71. The molecule has 4 aromatic heterocycles. The van der Waals surface area contributed by atoms with Crippen LogP contribution in [-0.2, 0) is 6.54 Å². The van der Waals surface area contributed by atoms with Crippen molar-refractivity contribution in [2.45, 2.75) is 6.54 Å². The smallest absolute Gasteiger partial charge is 0.274 e. The van der Waals surface area contributed by atoms with Crippen LogP contribution in [0, 0.1) is 0 Å². The number of hydrogen-bond acceptors (Lipinski definition) is 6. The second kappa shape index (κ2) is 8.07. The normalized spacial score (nSPS) is 11.2. The fourth-order valence-electron chi connectivity index (χ4n) is 3.45. The Hall–Kier alpha value is -3.75. The van der Waals surface area contributed by atoms with E-state index in [2.05, 4.69) is 25.3 Å². The number of halogens is 2. The van der Waals surface area contributed by atoms with Crippen LogP contribution in [0.25, 0.3) is 27.9 Å². The lowest BCUT2D eigenvalue weighted by Gasteiger charge is -2.13. The van der Waals surface area contributed by atoms with Gasteiger partial charge in [-0.2, -0.15) is 0 Å². The summed E-state index contributed by atoms with van der Waals surface area (Å²) in [6, 6.07) is 12.1. The highest BCUT2D eigenvalue weighted by Gasteiger charge is 2.21. The number of nitrogens with zero attached hydrogens (tertiary/aromatic N) is 5. The van der Waals surface area contributed by atoms with Crippen molar-refractivity contribution < 1.29 is 9.90 Å². The maximum atomic E-state index is 13.0. The number of carbonyl (C=O) groups is 1. The Labute approximate surface area is 191 Å². The van der Waals surface area contributed by atoms with Crippen LogP contribution in [0.2, 0.25) is 10.0 Å². The second-order valence-corrected chi connectivity index (χ2v) is 7.83. The van der Waals surface area contributed by atoms with Crippen LogP contribution in [0.3, 0.4) is 0 Å². The average Bonchev–Trinajstić information content (AvgIpc) is 3.21. The monoisotopic (exact) mass is 464 g/mol. The largest absolute Gasteiger partial charge is 0.504 e. The molecule has 0 bridgehead atoms. The molecule has 10 heteroatoms. The van der Waals surface area contributed by atoms with Crippen molar-refractivity contribution in [3.63, 3.8) is 0 Å². The molecular weight excluding hydrogens is 451 g/mol. The van der Waals surface area contributed by atoms with Gasteiger partial charge in [-0.15, -0.1) is 0 Å². The van der Waals surface area contributed by atoms with E-state index in [0.29, 0.717) is 38.0 Å². The Morgan fingerprint density at radius 2 is 1.78 bits per heavy atom. The summed E-state index contributed by atoms with van der Waals surface area (Å²) in [5.41, 5.74) is 2.03. The molecule has 1 amide bonds. The standard InChI is InChI=1S/C22H14Cl2N6O2/c23-13-7-12(8-14(24)9-13)10-27-22(32)18-19(31)17-15(3-1-5-25-17)21(29-18)30-11-28-20-16(30)4-2-6-26-20/h1-9,11,31H,10H2,(H,27,32). The first kappa shape index (κ1) is 20.2. The first-order valence-electron chi connectivity index (χ1n) is 9.50. The van der Waals surface area contributed by atoms with Crippen molar-refractivity contribution >= 4 is 51.2 Å². The Balaban J connectivity index is 1.59. The molecule has 0 saturated heterocycles. The quantitative estimate of drug-likeness (QED) is 0.410. The van der Waals surface area contributed by atoms with Crippen molar-refractivity contribution in [1.29, 1.82) is 0 Å². The molecule has 0 atom stereocenters. The number of benzene rings is 1. The van der Waals surface area contributed by atoms with Gasteiger partial charge in [-0.3, -0.25) is 14.3 Å². The maximum absolute atomic E-state index is 13.0. The zero-order chi connectivity index (χ0) is 22.2. The fraction of sp³-hybridized carbons (Fsp3) is 0.0455. The third-order valence-electron chi connectivity index (χ3n) is 4.85. The number of fused-ring (bicyclic) bond motifs is 2. The van der Waals surface area contributed by atoms with Crippen LogP contribution in [-0.4, -0.2) is 35.5 Å². The summed E-state index contributed by atoms with van der Waals surface area (Å²) >= 11 is 12.1. The third kappa shape index (κ3) is 3.59. The van der Waals surface area contributed by atoms with E-state index in [-0.39, 0.29) is 23.5 Å². The summed E-state index contributed by atoms with van der Waals surface area (Å²) in [7, 11) is 0. The third-order valence-corrected chi connectivity index (χ3v) is 5.29. The molecule has 0 fully saturated rings. The van der Waals surface area contributed by atoms with E-state index >= 15 is 0 Å². The molecule has 0 aliphatic heterocycles. The molecule has 1 aromatic carbocycles. The van der Waals surface area contributed by atoms with Gasteiger partial charge in [-0.05, 0) is 48.0 Å². The topological polar surface area (TPSA) is 106 Å². The predicted octanol–water partition coefficient (Wildman–Crippen LogP) is 4.31. The van der Waals surface area contributed by atoms with E-state index in [4.69, 9.17) is 23.2 Å². The SMILES string of the molecule is O=C(NCc1cc(Cl)cc(Cl)c1)c1nc(-n2cnc3ncccc32)c2cccnc2c1O. The molecule has 158 valence electrons. The van der Waals surface area contributed by atoms with Crippen LogP contribution in [0.1, 0.15) is 16.1 Å². The number of nitrogens with one attached hydrogen (secondary N) is 1. The van der Waals surface area contributed by atoms with Gasteiger partial charge in [-0.1, -0.05) is 23.2 Å². The van der Waals surface area contributed by atoms with Crippen LogP contribution >= 0.6 is 23.2 Å². The average molecular weight is 465 g/mol. The molecule has 0 saturated carbocycles. The van der Waals surface area contributed by atoms with Gasteiger partial charge < -0.3 is 10.4 Å². The summed E-state index contributed by atoms with van der Waals surface area (Å²) in [6.07, 6.45) is 4.75. The number of aromatic hydroxyl groups is 1. The number of pyridine rings is 3. The van der Waals surface area contributed by atoms with E-state index in [1.807, 2.05) is 6.07 Å². The zero-order valence-corrected chi connectivity index (χ0v) is 17.8. The molecule has 0 spiro atoms. The van der Waals surface area contributed by atoms with E-state index in [9.17, 15) is 9.90 Å². The molecule has 0 aliphatic rings. The van der Waals surface area contributed by atoms with Crippen molar-refractivity contribution in [2.24, 2.45) is 0 Å². The Morgan fingerprint density at radius 1 is 1.03 bits per heavy atom. The predicted molar refractivity (Wildman–Crippen MR) is 121 cm³/mol. The Morgan fingerprint density at radius 3 is 2.59 bits per heavy atom. The number of aromatic nitrogens is 5. The number of amides is 1. The molecular formula is C22H14Cl2N6O2. The van der Waals surface area contributed by atoms with Gasteiger partial charge in [0.25, 0.3) is 5.91 Å². The van der Waals surface area contributed by atoms with Crippen LogP contribution in [0.15, 0.2) is 61.2 Å². The van der Waals surface area contributed by atoms with Crippen molar-refractivity contribution in [1.82, 2.24) is 29.8 Å². The van der Waals surface area contributed by atoms with E-state index in [1.54, 1.807) is 53.5 Å². The molecule has 0 radical (unpaired) electrons. The fourth-order valence-corrected chi connectivity index (χ4v) is 4.02. The molecule has 4 heterocycles. The van der Waals surface area contributed by atoms with E-state index in [1.165, 1.54) is 6.20 Å². The van der Waals surface area contributed by atoms with Crippen molar-refractivity contribution in [3.05, 3.63) is 82.5 Å². The molecule has 5 aromatic rings. The molecule has 0 aliphatic carbocycles. The lowest BCUT2D eigenvalue weighted by atomic mass is 10.1. The summed E-state index contributed by atoms with van der Waals surface area (Å²) in [5, 5.41) is 15.0. The number of hydrogen-bond donors (Lipinski definition) is 2. The van der Waals surface area contributed by atoms with Gasteiger partial charge in [0.05, 0.1) is 5.52 Å². The Kier molecular flexibility index (Phi) is 5.08. The summed E-state index contributed by atoms with van der Waals surface area (Å²) in [6.45, 7) is 0.147. The van der Waals surface area contributed by atoms with E-state index in [0.717, 1.165) is 0 Å². The van der Waals surface area contributed by atoms with Crippen LogP contribution in [0.4, 0.5) is 0 Å². The van der Waals surface area contributed by atoms with Gasteiger partial charge >= 0.3 is 0 Å². The minimum absolute atomic E-state index is 0.147. The molecule has 5 rings (SSSR count). The van der Waals surface area contributed by atoms with Crippen molar-refractivity contribution in [3.8, 4) is 11.6 Å². The highest BCUT2D eigenvalue weighted by molar-refractivity contribution is 6.34. The van der Waals surface area contributed by atoms with Crippen molar-refractivity contribution in [2.75, 3.05) is 0 Å². The zero-order valence-electron chi connectivity index (χ0n) is 16.3. The lowest BCUT2D eigenvalue weighted by molar-refractivity contribution is 0.0943. The molecule has 8 nitrogen and oxygen atoms in total. The van der Waals surface area contributed by atoms with Gasteiger partial charge in [-0.25, -0.2) is 15.0 Å². The minimum atomic E-state index is -0.574. The van der Waals surface area contributed by atoms with Gasteiger partial charge in [0.15, 0.2) is 17.1 Å². The Bertz CT molecular complexity index is 1480. The van der Waals surface area contributed by atoms with E-state index < -0.39 is 5.91 Å². The summed E-state index contributed by atoms with van der Waals surface area (Å²) in [4.78, 5) is 30.2. The van der Waals surface area contributed by atoms with Gasteiger partial charge in [0.1, 0.15) is 17.7 Å². The molecule has 32 heavy (non-hydrogen) atoms. The summed E-state index contributed by atoms with van der Waals surface area (Å²) in [5.74, 6) is -0.485.